The molecule has 0 atom stereocenters. The number of rotatable bonds is 2. The van der Waals surface area contributed by atoms with Gasteiger partial charge in [-0.2, -0.15) is 0 Å². The summed E-state index contributed by atoms with van der Waals surface area (Å²) in [7, 11) is 0. The topological polar surface area (TPSA) is 32.6 Å². The SMILES string of the molecule is Oc1ccccc1C=Nc1ccccc1.[Ni+2]. The van der Waals surface area contributed by atoms with Crippen LogP contribution in [0.2, 0.25) is 0 Å². The van der Waals surface area contributed by atoms with Gasteiger partial charge in [0.15, 0.2) is 0 Å². The first-order valence-electron chi connectivity index (χ1n) is 4.73. The summed E-state index contributed by atoms with van der Waals surface area (Å²) in [5.74, 6) is 0.247. The van der Waals surface area contributed by atoms with E-state index in [-0.39, 0.29) is 22.2 Å². The summed E-state index contributed by atoms with van der Waals surface area (Å²) in [4.78, 5) is 4.25. The monoisotopic (exact) mass is 255 g/mol. The molecule has 0 spiro atoms. The van der Waals surface area contributed by atoms with Gasteiger partial charge in [0.25, 0.3) is 0 Å². The third-order valence-electron chi connectivity index (χ3n) is 2.05. The maximum absolute atomic E-state index is 9.50. The van der Waals surface area contributed by atoms with Crippen molar-refractivity contribution in [2.45, 2.75) is 0 Å². The second-order valence-electron chi connectivity index (χ2n) is 3.15. The summed E-state index contributed by atoms with van der Waals surface area (Å²) >= 11 is 0. The van der Waals surface area contributed by atoms with E-state index < -0.39 is 0 Å². The first-order chi connectivity index (χ1) is 7.36. The first-order valence-corrected chi connectivity index (χ1v) is 4.73. The van der Waals surface area contributed by atoms with Crippen molar-refractivity contribution < 1.29 is 21.6 Å². The minimum absolute atomic E-state index is 0. The largest absolute Gasteiger partial charge is 2.00 e. The summed E-state index contributed by atoms with van der Waals surface area (Å²) in [6, 6.07) is 16.7. The van der Waals surface area contributed by atoms with Gasteiger partial charge in [0, 0.05) is 11.8 Å². The molecule has 2 nitrogen and oxygen atoms in total. The average molecular weight is 256 g/mol. The van der Waals surface area contributed by atoms with Gasteiger partial charge in [0.1, 0.15) is 5.75 Å². The van der Waals surface area contributed by atoms with Gasteiger partial charge in [-0.05, 0) is 24.3 Å². The number of nitrogens with zero attached hydrogens (tertiary/aromatic N) is 1. The van der Waals surface area contributed by atoms with Crippen molar-refractivity contribution in [3.63, 3.8) is 0 Å². The van der Waals surface area contributed by atoms with Crippen LogP contribution in [0.5, 0.6) is 5.75 Å². The average Bonchev–Trinajstić information content (AvgIpc) is 2.29. The van der Waals surface area contributed by atoms with E-state index >= 15 is 0 Å². The zero-order valence-electron chi connectivity index (χ0n) is 8.48. The second-order valence-corrected chi connectivity index (χ2v) is 3.15. The zero-order chi connectivity index (χ0) is 10.5. The Morgan fingerprint density at radius 1 is 0.875 bits per heavy atom. The fourth-order valence-corrected chi connectivity index (χ4v) is 1.25. The zero-order valence-corrected chi connectivity index (χ0v) is 9.47. The van der Waals surface area contributed by atoms with Crippen LogP contribution in [0.15, 0.2) is 59.6 Å². The molecule has 0 heterocycles. The number of phenolic OH excluding ortho intramolecular Hbond substituents is 1. The van der Waals surface area contributed by atoms with Crippen LogP contribution in [0.25, 0.3) is 0 Å². The molecule has 0 aromatic heterocycles. The normalized spacial score (nSPS) is 10.0. The van der Waals surface area contributed by atoms with E-state index in [0.29, 0.717) is 0 Å². The summed E-state index contributed by atoms with van der Waals surface area (Å²) in [5, 5.41) is 9.50. The smallest absolute Gasteiger partial charge is 0.507 e. The molecule has 0 amide bonds. The Morgan fingerprint density at radius 2 is 1.50 bits per heavy atom. The Bertz CT molecular complexity index is 468. The van der Waals surface area contributed by atoms with Gasteiger partial charge in [-0.25, -0.2) is 0 Å². The predicted molar refractivity (Wildman–Crippen MR) is 61.8 cm³/mol. The Labute approximate surface area is 105 Å². The number of aliphatic imine (C=N–C) groups is 1. The molecule has 3 heteroatoms. The number of aromatic hydroxyl groups is 1. The molecule has 2 rings (SSSR count). The van der Waals surface area contributed by atoms with Crippen LogP contribution in [-0.4, -0.2) is 11.3 Å². The summed E-state index contributed by atoms with van der Waals surface area (Å²) < 4.78 is 0. The molecule has 0 saturated carbocycles. The van der Waals surface area contributed by atoms with Gasteiger partial charge in [-0.15, -0.1) is 0 Å². The number of benzene rings is 2. The van der Waals surface area contributed by atoms with Gasteiger partial charge in [0.05, 0.1) is 5.69 Å². The van der Waals surface area contributed by atoms with E-state index in [1.165, 1.54) is 0 Å². The molecular formula is C13H11NNiO+2. The van der Waals surface area contributed by atoms with Crippen LogP contribution >= 0.6 is 0 Å². The fraction of sp³-hybridized carbons (Fsp3) is 0. The van der Waals surface area contributed by atoms with E-state index in [0.717, 1.165) is 11.3 Å². The molecule has 0 aliphatic rings. The summed E-state index contributed by atoms with van der Waals surface area (Å²) in [6.45, 7) is 0. The Hall–Kier alpha value is -1.60. The van der Waals surface area contributed by atoms with Crippen LogP contribution in [0.1, 0.15) is 5.56 Å². The van der Waals surface area contributed by atoms with Crippen molar-refractivity contribution in [2.75, 3.05) is 0 Å². The molecule has 1 N–H and O–H groups in total. The van der Waals surface area contributed by atoms with Crippen molar-refractivity contribution in [3.05, 3.63) is 60.2 Å². The minimum atomic E-state index is 0. The Morgan fingerprint density at radius 3 is 2.19 bits per heavy atom. The van der Waals surface area contributed by atoms with Gasteiger partial charge >= 0.3 is 16.5 Å². The third-order valence-corrected chi connectivity index (χ3v) is 2.05. The van der Waals surface area contributed by atoms with Crippen LogP contribution in [0.4, 0.5) is 5.69 Å². The van der Waals surface area contributed by atoms with Crippen molar-refractivity contribution in [2.24, 2.45) is 4.99 Å². The van der Waals surface area contributed by atoms with Gasteiger partial charge in [0.2, 0.25) is 0 Å². The van der Waals surface area contributed by atoms with Gasteiger partial charge < -0.3 is 5.11 Å². The van der Waals surface area contributed by atoms with Crippen molar-refractivity contribution in [3.8, 4) is 5.75 Å². The van der Waals surface area contributed by atoms with Crippen molar-refractivity contribution in [1.82, 2.24) is 0 Å². The van der Waals surface area contributed by atoms with E-state index in [4.69, 9.17) is 0 Å². The number of hydrogen-bond donors (Lipinski definition) is 1. The molecule has 0 fully saturated rings. The number of para-hydroxylation sites is 2. The molecule has 0 aliphatic carbocycles. The van der Waals surface area contributed by atoms with Crippen molar-refractivity contribution >= 4 is 11.9 Å². The van der Waals surface area contributed by atoms with E-state index in [1.54, 1.807) is 18.3 Å². The fourth-order valence-electron chi connectivity index (χ4n) is 1.25. The molecule has 2 aromatic carbocycles. The van der Waals surface area contributed by atoms with Gasteiger partial charge in [-0.1, -0.05) is 30.3 Å². The molecule has 0 bridgehead atoms. The van der Waals surface area contributed by atoms with Crippen LogP contribution in [-0.2, 0) is 16.5 Å². The summed E-state index contributed by atoms with van der Waals surface area (Å²) in [5.41, 5.74) is 1.60. The molecule has 82 valence electrons. The third kappa shape index (κ3) is 3.21. The Kier molecular flexibility index (Phi) is 4.75. The molecule has 0 unspecified atom stereocenters. The maximum atomic E-state index is 9.50. The predicted octanol–water partition coefficient (Wildman–Crippen LogP) is 3.14. The molecular weight excluding hydrogens is 245 g/mol. The van der Waals surface area contributed by atoms with E-state index in [2.05, 4.69) is 4.99 Å². The van der Waals surface area contributed by atoms with Crippen LogP contribution < -0.4 is 0 Å². The second kappa shape index (κ2) is 6.09. The van der Waals surface area contributed by atoms with E-state index in [1.807, 2.05) is 42.5 Å². The summed E-state index contributed by atoms with van der Waals surface area (Å²) in [6.07, 6.45) is 1.66. The number of hydrogen-bond acceptors (Lipinski definition) is 2. The molecule has 16 heavy (non-hydrogen) atoms. The quantitative estimate of drug-likeness (QED) is 0.649. The van der Waals surface area contributed by atoms with Crippen LogP contribution in [0.3, 0.4) is 0 Å². The van der Waals surface area contributed by atoms with Gasteiger partial charge in [-0.3, -0.25) is 4.99 Å². The Balaban J connectivity index is 0.00000128. The molecule has 0 radical (unpaired) electrons. The number of phenols is 1. The first kappa shape index (κ1) is 12.5. The molecule has 2 aromatic rings. The molecule has 0 saturated heterocycles. The van der Waals surface area contributed by atoms with Crippen LogP contribution in [0, 0.1) is 0 Å². The van der Waals surface area contributed by atoms with E-state index in [9.17, 15) is 5.11 Å². The van der Waals surface area contributed by atoms with Crippen molar-refractivity contribution in [1.29, 1.82) is 0 Å². The minimum Gasteiger partial charge on any atom is -0.507 e. The maximum Gasteiger partial charge on any atom is 2.00 e. The standard InChI is InChI=1S/C13H11NO.Ni/c15-13-9-5-4-6-11(13)10-14-12-7-2-1-3-8-12;/h1-10,15H;/q;+2. The molecule has 0 aliphatic heterocycles.